The zero-order valence-electron chi connectivity index (χ0n) is 13.6. The maximum Gasteiger partial charge on any atom is 0.253 e. The third kappa shape index (κ3) is 2.12. The monoisotopic (exact) mass is 352 g/mol. The molecule has 0 atom stereocenters. The molecule has 1 spiro atoms. The fourth-order valence-electron chi connectivity index (χ4n) is 4.32. The van der Waals surface area contributed by atoms with Crippen molar-refractivity contribution in [1.29, 1.82) is 0 Å². The molecular weight excluding hydrogens is 336 g/mol. The van der Waals surface area contributed by atoms with Gasteiger partial charge in [-0.3, -0.25) is 4.79 Å². The quantitative estimate of drug-likeness (QED) is 0.720. The molecule has 2 aromatic heterocycles. The van der Waals surface area contributed by atoms with Crippen molar-refractivity contribution in [3.63, 3.8) is 0 Å². The van der Waals surface area contributed by atoms with E-state index in [0.29, 0.717) is 10.6 Å². The highest BCUT2D eigenvalue weighted by Gasteiger charge is 2.44. The third-order valence-corrected chi connectivity index (χ3v) is 5.80. The summed E-state index contributed by atoms with van der Waals surface area (Å²) >= 11 is 6.53. The fourth-order valence-corrected chi connectivity index (χ4v) is 4.62. The highest BCUT2D eigenvalue weighted by Crippen LogP contribution is 2.45. The predicted molar refractivity (Wildman–Crippen MR) is 96.1 cm³/mol. The van der Waals surface area contributed by atoms with Gasteiger partial charge in [0.15, 0.2) is 0 Å². The molecule has 5 nitrogen and oxygen atoms in total. The summed E-state index contributed by atoms with van der Waals surface area (Å²) in [4.78, 5) is 21.0. The molecule has 3 aromatic rings. The van der Waals surface area contributed by atoms with Gasteiger partial charge in [-0.15, -0.1) is 0 Å². The van der Waals surface area contributed by atoms with Gasteiger partial charge in [-0.2, -0.15) is 0 Å². The Morgan fingerprint density at radius 3 is 2.88 bits per heavy atom. The molecule has 1 saturated carbocycles. The normalized spacial score (nSPS) is 18.5. The number of halogens is 1. The van der Waals surface area contributed by atoms with Crippen molar-refractivity contribution in [2.45, 2.75) is 37.6 Å². The van der Waals surface area contributed by atoms with Crippen molar-refractivity contribution < 1.29 is 4.79 Å². The van der Waals surface area contributed by atoms with Crippen molar-refractivity contribution in [2.24, 2.45) is 0 Å². The number of benzene rings is 1. The minimum absolute atomic E-state index is 0.0480. The van der Waals surface area contributed by atoms with E-state index in [1.807, 2.05) is 22.9 Å². The summed E-state index contributed by atoms with van der Waals surface area (Å²) in [5.41, 5.74) is 3.18. The molecule has 1 aliphatic carbocycles. The molecule has 126 valence electrons. The van der Waals surface area contributed by atoms with Crippen molar-refractivity contribution >= 4 is 28.5 Å². The fraction of sp³-hybridized carbons (Fsp3) is 0.316. The predicted octanol–water partition coefficient (Wildman–Crippen LogP) is 3.98. The molecule has 2 aliphatic rings. The lowest BCUT2D eigenvalue weighted by Gasteiger charge is -2.34. The molecule has 5 rings (SSSR count). The van der Waals surface area contributed by atoms with Crippen LogP contribution in [0.3, 0.4) is 0 Å². The third-order valence-electron chi connectivity index (χ3n) is 5.51. The molecule has 0 bridgehead atoms. The highest BCUT2D eigenvalue weighted by molar-refractivity contribution is 6.34. The number of nitrogens with one attached hydrogen (secondary N) is 1. The number of carbonyl (C=O) groups is 1. The summed E-state index contributed by atoms with van der Waals surface area (Å²) in [6.45, 7) is 0. The Balaban J connectivity index is 1.73. The average molecular weight is 353 g/mol. The van der Waals surface area contributed by atoms with E-state index in [1.54, 1.807) is 12.5 Å². The summed E-state index contributed by atoms with van der Waals surface area (Å²) in [7, 11) is 0. The Labute approximate surface area is 150 Å². The van der Waals surface area contributed by atoms with Gasteiger partial charge in [0.2, 0.25) is 0 Å². The molecule has 25 heavy (non-hydrogen) atoms. The number of rotatable bonds is 1. The van der Waals surface area contributed by atoms with Gasteiger partial charge in [-0.1, -0.05) is 30.9 Å². The van der Waals surface area contributed by atoms with Gasteiger partial charge in [0.25, 0.3) is 5.91 Å². The first-order chi connectivity index (χ1) is 12.2. The van der Waals surface area contributed by atoms with Gasteiger partial charge in [0.05, 0.1) is 16.1 Å². The molecule has 1 aliphatic heterocycles. The number of carbonyl (C=O) groups excluding carboxylic acids is 1. The van der Waals surface area contributed by atoms with Crippen molar-refractivity contribution in [1.82, 2.24) is 19.9 Å². The van der Waals surface area contributed by atoms with Crippen LogP contribution in [0.25, 0.3) is 16.7 Å². The lowest BCUT2D eigenvalue weighted by atomic mass is 9.77. The molecule has 0 radical (unpaired) electrons. The molecule has 0 unspecified atom stereocenters. The molecule has 6 heteroatoms. The zero-order chi connectivity index (χ0) is 17.0. The highest BCUT2D eigenvalue weighted by atomic mass is 35.5. The Kier molecular flexibility index (Phi) is 3.16. The number of nitrogens with zero attached hydrogens (tertiary/aromatic N) is 3. The number of hydrogen-bond acceptors (Lipinski definition) is 3. The van der Waals surface area contributed by atoms with E-state index < -0.39 is 0 Å². The van der Waals surface area contributed by atoms with Crippen LogP contribution in [0.4, 0.5) is 0 Å². The van der Waals surface area contributed by atoms with Gasteiger partial charge >= 0.3 is 0 Å². The minimum Gasteiger partial charge on any atom is -0.342 e. The van der Waals surface area contributed by atoms with Gasteiger partial charge in [-0.25, -0.2) is 9.97 Å². The lowest BCUT2D eigenvalue weighted by Crippen LogP contribution is -2.40. The van der Waals surface area contributed by atoms with Crippen LogP contribution >= 0.6 is 11.6 Å². The van der Waals surface area contributed by atoms with Gasteiger partial charge in [-0.05, 0) is 36.6 Å². The Morgan fingerprint density at radius 1 is 1.20 bits per heavy atom. The van der Waals surface area contributed by atoms with E-state index >= 15 is 0 Å². The SMILES string of the molecule is O=C1NC2(CCCCC2)c2cc(-n3ccc4cncnc43)cc(Cl)c21. The van der Waals surface area contributed by atoms with Gasteiger partial charge in [0, 0.05) is 23.5 Å². The second kappa shape index (κ2) is 5.30. The van der Waals surface area contributed by atoms with Crippen LogP contribution in [0.2, 0.25) is 5.02 Å². The Morgan fingerprint density at radius 2 is 2.04 bits per heavy atom. The summed E-state index contributed by atoms with van der Waals surface area (Å²) in [6, 6.07) is 5.94. The van der Waals surface area contributed by atoms with Crippen LogP contribution in [0.15, 0.2) is 36.9 Å². The summed E-state index contributed by atoms with van der Waals surface area (Å²) in [5.74, 6) is -0.0480. The van der Waals surface area contributed by atoms with E-state index in [0.717, 1.165) is 48.0 Å². The van der Waals surface area contributed by atoms with Crippen LogP contribution in [0.1, 0.15) is 48.0 Å². The molecule has 1 amide bonds. The van der Waals surface area contributed by atoms with E-state index in [2.05, 4.69) is 21.4 Å². The minimum atomic E-state index is -0.262. The number of fused-ring (bicyclic) bond motifs is 3. The summed E-state index contributed by atoms with van der Waals surface area (Å²) in [6.07, 6.45) is 10.7. The zero-order valence-corrected chi connectivity index (χ0v) is 14.4. The largest absolute Gasteiger partial charge is 0.342 e. The molecule has 0 saturated heterocycles. The second-order valence-corrected chi connectivity index (χ2v) is 7.34. The Bertz CT molecular complexity index is 1000. The Hall–Kier alpha value is -2.40. The van der Waals surface area contributed by atoms with Crippen molar-refractivity contribution in [3.8, 4) is 5.69 Å². The maximum atomic E-state index is 12.5. The van der Waals surface area contributed by atoms with Gasteiger partial charge < -0.3 is 9.88 Å². The van der Waals surface area contributed by atoms with Crippen LogP contribution < -0.4 is 5.32 Å². The number of hydrogen-bond donors (Lipinski definition) is 1. The molecule has 1 aromatic carbocycles. The van der Waals surface area contributed by atoms with Gasteiger partial charge in [0.1, 0.15) is 12.0 Å². The van der Waals surface area contributed by atoms with E-state index in [1.165, 1.54) is 6.42 Å². The molecule has 3 heterocycles. The number of aromatic nitrogens is 3. The smallest absolute Gasteiger partial charge is 0.253 e. The van der Waals surface area contributed by atoms with E-state index in [9.17, 15) is 4.79 Å². The second-order valence-electron chi connectivity index (χ2n) is 6.93. The molecule has 1 N–H and O–H groups in total. The van der Waals surface area contributed by atoms with E-state index in [-0.39, 0.29) is 11.4 Å². The molecular formula is C19H17ClN4O. The first kappa shape index (κ1) is 14.9. The summed E-state index contributed by atoms with van der Waals surface area (Å²) in [5, 5.41) is 4.70. The summed E-state index contributed by atoms with van der Waals surface area (Å²) < 4.78 is 2.00. The van der Waals surface area contributed by atoms with Crippen molar-refractivity contribution in [2.75, 3.05) is 0 Å². The number of amides is 1. The molecule has 1 fully saturated rings. The van der Waals surface area contributed by atoms with Crippen LogP contribution in [0.5, 0.6) is 0 Å². The standard InChI is InChI=1S/C19H17ClN4O/c20-15-9-13(24-7-4-12-10-21-11-22-17(12)24)8-14-16(15)18(25)23-19(14)5-2-1-3-6-19/h4,7-11H,1-3,5-6H2,(H,23,25). The first-order valence-corrected chi connectivity index (χ1v) is 9.00. The topological polar surface area (TPSA) is 59.8 Å². The lowest BCUT2D eigenvalue weighted by molar-refractivity contribution is 0.0909. The maximum absolute atomic E-state index is 12.5. The van der Waals surface area contributed by atoms with Crippen molar-refractivity contribution in [3.05, 3.63) is 53.1 Å². The average Bonchev–Trinajstić information content (AvgIpc) is 3.16. The van der Waals surface area contributed by atoms with Crippen LogP contribution in [-0.2, 0) is 5.54 Å². The first-order valence-electron chi connectivity index (χ1n) is 8.62. The van der Waals surface area contributed by atoms with E-state index in [4.69, 9.17) is 11.6 Å². The van der Waals surface area contributed by atoms with Crippen LogP contribution in [0, 0.1) is 0 Å². The van der Waals surface area contributed by atoms with Crippen LogP contribution in [-0.4, -0.2) is 20.4 Å².